The van der Waals surface area contributed by atoms with Gasteiger partial charge in [0.15, 0.2) is 6.04 Å². The molecule has 1 aliphatic heterocycles. The zero-order valence-electron chi connectivity index (χ0n) is 10.8. The van der Waals surface area contributed by atoms with Crippen molar-refractivity contribution < 1.29 is 19.6 Å². The number of amides is 2. The van der Waals surface area contributed by atoms with E-state index < -0.39 is 0 Å². The van der Waals surface area contributed by atoms with E-state index in [1.165, 1.54) is 0 Å². The van der Waals surface area contributed by atoms with Crippen molar-refractivity contribution in [1.29, 1.82) is 0 Å². The summed E-state index contributed by atoms with van der Waals surface area (Å²) in [5.74, 6) is 0.429. The molecule has 2 amide bonds. The average molecular weight is 264 g/mol. The number of carbonyl (C=O) groups is 2. The Kier molecular flexibility index (Phi) is 4.35. The van der Waals surface area contributed by atoms with E-state index in [1.807, 2.05) is 5.32 Å². The molecule has 1 atom stereocenters. The maximum atomic E-state index is 11.9. The molecule has 0 aromatic heterocycles. The van der Waals surface area contributed by atoms with Crippen LogP contribution in [0.25, 0.3) is 0 Å². The largest absolute Gasteiger partial charge is 0.497 e. The van der Waals surface area contributed by atoms with Gasteiger partial charge in [-0.05, 0) is 12.1 Å². The lowest BCUT2D eigenvalue weighted by Crippen LogP contribution is -2.96. The van der Waals surface area contributed by atoms with E-state index in [0.29, 0.717) is 18.0 Å². The molecule has 1 heterocycles. The molecular weight excluding hydrogens is 246 g/mol. The Morgan fingerprint density at radius 1 is 1.58 bits per heavy atom. The van der Waals surface area contributed by atoms with Crippen LogP contribution in [0.15, 0.2) is 24.3 Å². The predicted octanol–water partition coefficient (Wildman–Crippen LogP) is -0.914. The minimum Gasteiger partial charge on any atom is -0.497 e. The van der Waals surface area contributed by atoms with Crippen LogP contribution in [0.5, 0.6) is 5.75 Å². The van der Waals surface area contributed by atoms with Gasteiger partial charge in [-0.2, -0.15) is 0 Å². The van der Waals surface area contributed by atoms with Crippen molar-refractivity contribution in [3.63, 3.8) is 0 Å². The Bertz CT molecular complexity index is 476. The van der Waals surface area contributed by atoms with E-state index in [9.17, 15) is 9.59 Å². The molecular formula is C13H18N3O3+. The minimum atomic E-state index is -0.334. The van der Waals surface area contributed by atoms with E-state index in [0.717, 1.165) is 6.54 Å². The molecule has 1 aromatic carbocycles. The summed E-state index contributed by atoms with van der Waals surface area (Å²) >= 11 is 0. The van der Waals surface area contributed by atoms with Crippen LogP contribution in [0.3, 0.4) is 0 Å². The molecule has 2 rings (SSSR count). The molecule has 19 heavy (non-hydrogen) atoms. The molecule has 6 nitrogen and oxygen atoms in total. The van der Waals surface area contributed by atoms with Crippen LogP contribution in [0, 0.1) is 0 Å². The smallest absolute Gasteiger partial charge is 0.278 e. The highest BCUT2D eigenvalue weighted by Gasteiger charge is 2.27. The van der Waals surface area contributed by atoms with Crippen LogP contribution in [-0.4, -0.2) is 38.1 Å². The highest BCUT2D eigenvalue weighted by Crippen LogP contribution is 2.16. The third-order valence-corrected chi connectivity index (χ3v) is 2.99. The molecule has 6 heteroatoms. The second-order valence-corrected chi connectivity index (χ2v) is 4.41. The summed E-state index contributed by atoms with van der Waals surface area (Å²) in [6.45, 7) is 1.47. The number of nitrogens with one attached hydrogen (secondary N) is 2. The summed E-state index contributed by atoms with van der Waals surface area (Å²) < 4.78 is 5.08. The normalized spacial score (nSPS) is 18.6. The first-order valence-electron chi connectivity index (χ1n) is 6.24. The fourth-order valence-corrected chi connectivity index (χ4v) is 2.01. The summed E-state index contributed by atoms with van der Waals surface area (Å²) in [7, 11) is 1.57. The quantitative estimate of drug-likeness (QED) is 0.658. The lowest BCUT2D eigenvalue weighted by atomic mass is 10.1. The topological polar surface area (TPSA) is 84.0 Å². The van der Waals surface area contributed by atoms with Gasteiger partial charge in [-0.3, -0.25) is 9.59 Å². The summed E-state index contributed by atoms with van der Waals surface area (Å²) in [6, 6.07) is 6.79. The zero-order chi connectivity index (χ0) is 13.7. The van der Waals surface area contributed by atoms with Gasteiger partial charge in [-0.1, -0.05) is 6.07 Å². The van der Waals surface area contributed by atoms with Crippen LogP contribution in [0.2, 0.25) is 0 Å². The first-order valence-corrected chi connectivity index (χ1v) is 6.24. The van der Waals surface area contributed by atoms with E-state index in [-0.39, 0.29) is 24.3 Å². The van der Waals surface area contributed by atoms with Gasteiger partial charge < -0.3 is 20.7 Å². The van der Waals surface area contributed by atoms with Crippen LogP contribution >= 0.6 is 0 Å². The molecule has 4 N–H and O–H groups in total. The standard InChI is InChI=1S/C13H17N3O3/c1-19-10-4-2-3-9(7-10)16-12(17)8-11-13(18)15-6-5-14-11/h2-4,7,11,14H,5-6,8H2,1H3,(H,15,18)(H,16,17)/p+1. The van der Waals surface area contributed by atoms with E-state index >= 15 is 0 Å². The van der Waals surface area contributed by atoms with Gasteiger partial charge in [0.05, 0.1) is 26.6 Å². The lowest BCUT2D eigenvalue weighted by molar-refractivity contribution is -0.678. The number of carbonyl (C=O) groups excluding carboxylic acids is 2. The SMILES string of the molecule is COc1cccc(NC(=O)CC2[NH2+]CCNC2=O)c1. The van der Waals surface area contributed by atoms with Crippen molar-refractivity contribution in [3.8, 4) is 5.75 Å². The number of methoxy groups -OCH3 is 1. The first kappa shape index (κ1) is 13.4. The van der Waals surface area contributed by atoms with E-state index in [4.69, 9.17) is 4.74 Å². The van der Waals surface area contributed by atoms with Crippen molar-refractivity contribution in [2.24, 2.45) is 0 Å². The number of benzene rings is 1. The Morgan fingerprint density at radius 2 is 2.42 bits per heavy atom. The molecule has 1 aromatic rings. The molecule has 1 aliphatic rings. The fraction of sp³-hybridized carbons (Fsp3) is 0.385. The third kappa shape index (κ3) is 3.69. The van der Waals surface area contributed by atoms with Gasteiger partial charge in [-0.25, -0.2) is 0 Å². The zero-order valence-corrected chi connectivity index (χ0v) is 10.8. The third-order valence-electron chi connectivity index (χ3n) is 2.99. The summed E-state index contributed by atoms with van der Waals surface area (Å²) in [5, 5.41) is 7.41. The number of nitrogens with two attached hydrogens (primary N) is 1. The molecule has 1 saturated heterocycles. The van der Waals surface area contributed by atoms with Gasteiger partial charge in [0.25, 0.3) is 5.91 Å². The highest BCUT2D eigenvalue weighted by molar-refractivity contribution is 5.95. The summed E-state index contributed by atoms with van der Waals surface area (Å²) in [5.41, 5.74) is 0.667. The van der Waals surface area contributed by atoms with Gasteiger partial charge in [0.1, 0.15) is 5.75 Å². The fourth-order valence-electron chi connectivity index (χ4n) is 2.01. The van der Waals surface area contributed by atoms with Gasteiger partial charge in [-0.15, -0.1) is 0 Å². The monoisotopic (exact) mass is 264 g/mol. The molecule has 0 spiro atoms. The highest BCUT2D eigenvalue weighted by atomic mass is 16.5. The van der Waals surface area contributed by atoms with Crippen molar-refractivity contribution in [2.75, 3.05) is 25.5 Å². The number of rotatable bonds is 4. The number of anilines is 1. The van der Waals surface area contributed by atoms with Gasteiger partial charge in [0, 0.05) is 11.8 Å². The maximum Gasteiger partial charge on any atom is 0.278 e. The van der Waals surface area contributed by atoms with Crippen LogP contribution in [0.4, 0.5) is 5.69 Å². The van der Waals surface area contributed by atoms with Crippen LogP contribution in [-0.2, 0) is 9.59 Å². The Morgan fingerprint density at radius 3 is 3.16 bits per heavy atom. The Labute approximate surface area is 111 Å². The van der Waals surface area contributed by atoms with Crippen molar-refractivity contribution in [2.45, 2.75) is 12.5 Å². The second kappa shape index (κ2) is 6.19. The number of piperazine rings is 1. The Balaban J connectivity index is 1.91. The number of ether oxygens (including phenoxy) is 1. The molecule has 0 radical (unpaired) electrons. The molecule has 0 aliphatic carbocycles. The summed E-state index contributed by atoms with van der Waals surface area (Å²) in [6.07, 6.45) is 0.170. The van der Waals surface area contributed by atoms with Crippen LogP contribution in [0.1, 0.15) is 6.42 Å². The summed E-state index contributed by atoms with van der Waals surface area (Å²) in [4.78, 5) is 23.4. The van der Waals surface area contributed by atoms with Gasteiger partial charge >= 0.3 is 0 Å². The minimum absolute atomic E-state index is 0.0768. The van der Waals surface area contributed by atoms with Crippen molar-refractivity contribution in [3.05, 3.63) is 24.3 Å². The number of hydrogen-bond acceptors (Lipinski definition) is 3. The average Bonchev–Trinajstić information content (AvgIpc) is 2.41. The molecule has 102 valence electrons. The lowest BCUT2D eigenvalue weighted by Gasteiger charge is -2.19. The predicted molar refractivity (Wildman–Crippen MR) is 69.8 cm³/mol. The molecule has 1 fully saturated rings. The van der Waals surface area contributed by atoms with Crippen LogP contribution < -0.4 is 20.7 Å². The maximum absolute atomic E-state index is 11.9. The molecule has 1 unspecified atom stereocenters. The first-order chi connectivity index (χ1) is 9.19. The van der Waals surface area contributed by atoms with Gasteiger partial charge in [0.2, 0.25) is 5.91 Å². The second-order valence-electron chi connectivity index (χ2n) is 4.41. The van der Waals surface area contributed by atoms with Crippen molar-refractivity contribution >= 4 is 17.5 Å². The Hall–Kier alpha value is -2.08. The molecule has 0 bridgehead atoms. The number of hydrogen-bond donors (Lipinski definition) is 3. The van der Waals surface area contributed by atoms with E-state index in [1.54, 1.807) is 31.4 Å². The van der Waals surface area contributed by atoms with Crippen molar-refractivity contribution in [1.82, 2.24) is 5.32 Å². The number of quaternary nitrogens is 1. The molecule has 0 saturated carbocycles. The van der Waals surface area contributed by atoms with E-state index in [2.05, 4.69) is 10.6 Å².